The normalized spacial score (nSPS) is 15.7. The minimum atomic E-state index is 0.871. The quantitative estimate of drug-likeness (QED) is 0.667. The molecule has 0 atom stereocenters. The Kier molecular flexibility index (Phi) is 2.13. The third-order valence-corrected chi connectivity index (χ3v) is 2.12. The maximum atomic E-state index is 4.34. The van der Waals surface area contributed by atoms with Gasteiger partial charge in [0.2, 0.25) is 0 Å². The lowest BCUT2D eigenvalue weighted by Crippen LogP contribution is -2.25. The van der Waals surface area contributed by atoms with Crippen LogP contribution in [0.5, 0.6) is 0 Å². The van der Waals surface area contributed by atoms with Crippen molar-refractivity contribution in [2.45, 2.75) is 0 Å². The summed E-state index contributed by atoms with van der Waals surface area (Å²) in [7, 11) is 0. The number of amidine groups is 1. The highest BCUT2D eigenvalue weighted by Gasteiger charge is 2.14. The number of hydrogen-bond donors (Lipinski definition) is 0. The molecule has 1 aromatic rings. The number of anilines is 1. The van der Waals surface area contributed by atoms with E-state index in [2.05, 4.69) is 28.6 Å². The number of nitrogens with zero attached hydrogens (tertiary/aromatic N) is 2. The lowest BCUT2D eigenvalue weighted by atomic mass is 10.3. The molecule has 1 aromatic carbocycles. The highest BCUT2D eigenvalue weighted by molar-refractivity contribution is 6.06. The lowest BCUT2D eigenvalue weighted by Gasteiger charge is -2.17. The van der Waals surface area contributed by atoms with Crippen molar-refractivity contribution in [1.82, 2.24) is 0 Å². The van der Waals surface area contributed by atoms with Gasteiger partial charge in [-0.2, -0.15) is 0 Å². The van der Waals surface area contributed by atoms with Gasteiger partial charge in [0.15, 0.2) is 0 Å². The van der Waals surface area contributed by atoms with Crippen LogP contribution in [-0.2, 0) is 0 Å². The zero-order valence-electron chi connectivity index (χ0n) is 7.48. The molecular weight excluding hydrogens is 160 g/mol. The number of para-hydroxylation sites is 1. The van der Waals surface area contributed by atoms with Crippen LogP contribution in [0.15, 0.2) is 48.0 Å². The topological polar surface area (TPSA) is 15.6 Å². The minimum Gasteiger partial charge on any atom is -0.325 e. The molecule has 0 saturated carbocycles. The Labute approximate surface area is 78.2 Å². The van der Waals surface area contributed by atoms with Crippen molar-refractivity contribution in [2.75, 3.05) is 18.0 Å². The van der Waals surface area contributed by atoms with Gasteiger partial charge in [-0.15, -0.1) is 0 Å². The Morgan fingerprint density at radius 1 is 1.31 bits per heavy atom. The molecule has 0 aliphatic carbocycles. The first-order chi connectivity index (χ1) is 6.42. The summed E-state index contributed by atoms with van der Waals surface area (Å²) in [5, 5.41) is 0. The summed E-state index contributed by atoms with van der Waals surface area (Å²) in [6, 6.07) is 10.3. The third kappa shape index (κ3) is 1.47. The number of aliphatic imine (C=N–C) groups is 1. The van der Waals surface area contributed by atoms with Gasteiger partial charge >= 0.3 is 0 Å². The van der Waals surface area contributed by atoms with Crippen LogP contribution in [0.4, 0.5) is 5.69 Å². The van der Waals surface area contributed by atoms with Crippen molar-refractivity contribution >= 4 is 11.5 Å². The number of hydrogen-bond acceptors (Lipinski definition) is 2. The highest BCUT2D eigenvalue weighted by Crippen LogP contribution is 2.16. The fourth-order valence-electron chi connectivity index (χ4n) is 1.51. The lowest BCUT2D eigenvalue weighted by molar-refractivity contribution is 1.02. The monoisotopic (exact) mass is 172 g/mol. The molecule has 0 spiro atoms. The summed E-state index contributed by atoms with van der Waals surface area (Å²) >= 11 is 0. The van der Waals surface area contributed by atoms with Crippen molar-refractivity contribution in [1.29, 1.82) is 0 Å². The molecule has 2 rings (SSSR count). The molecule has 66 valence electrons. The molecular formula is C11H12N2. The van der Waals surface area contributed by atoms with Crippen molar-refractivity contribution < 1.29 is 0 Å². The summed E-state index contributed by atoms with van der Waals surface area (Å²) in [6.07, 6.45) is 1.81. The van der Waals surface area contributed by atoms with Crippen LogP contribution in [0, 0.1) is 0 Å². The summed E-state index contributed by atoms with van der Waals surface area (Å²) in [5.74, 6) is 0.978. The van der Waals surface area contributed by atoms with E-state index in [1.54, 1.807) is 6.08 Å². The zero-order chi connectivity index (χ0) is 9.10. The van der Waals surface area contributed by atoms with Crippen LogP contribution < -0.4 is 4.90 Å². The van der Waals surface area contributed by atoms with E-state index in [0.29, 0.717) is 0 Å². The second-order valence-electron chi connectivity index (χ2n) is 2.93. The van der Waals surface area contributed by atoms with Gasteiger partial charge in [0, 0.05) is 12.2 Å². The maximum absolute atomic E-state index is 4.34. The minimum absolute atomic E-state index is 0.871. The molecule has 0 fully saturated rings. The molecule has 2 nitrogen and oxygen atoms in total. The predicted octanol–water partition coefficient (Wildman–Crippen LogP) is 2.09. The molecule has 0 N–H and O–H groups in total. The Morgan fingerprint density at radius 3 is 2.77 bits per heavy atom. The molecule has 2 heteroatoms. The van der Waals surface area contributed by atoms with E-state index >= 15 is 0 Å². The van der Waals surface area contributed by atoms with Gasteiger partial charge in [0.05, 0.1) is 6.54 Å². The average molecular weight is 172 g/mol. The van der Waals surface area contributed by atoms with Gasteiger partial charge in [-0.25, -0.2) is 0 Å². The molecule has 0 unspecified atom stereocenters. The van der Waals surface area contributed by atoms with E-state index < -0.39 is 0 Å². The molecule has 1 heterocycles. The smallest absolute Gasteiger partial charge is 0.127 e. The van der Waals surface area contributed by atoms with E-state index in [-0.39, 0.29) is 0 Å². The van der Waals surface area contributed by atoms with Gasteiger partial charge < -0.3 is 4.90 Å². The second kappa shape index (κ2) is 3.44. The van der Waals surface area contributed by atoms with Crippen molar-refractivity contribution in [2.24, 2.45) is 4.99 Å². The first-order valence-electron chi connectivity index (χ1n) is 4.41. The van der Waals surface area contributed by atoms with Crippen LogP contribution in [0.1, 0.15) is 0 Å². The Morgan fingerprint density at radius 2 is 2.08 bits per heavy atom. The summed E-state index contributed by atoms with van der Waals surface area (Å²) in [4.78, 5) is 6.51. The van der Waals surface area contributed by atoms with E-state index in [0.717, 1.165) is 18.9 Å². The molecule has 1 aliphatic heterocycles. The summed E-state index contributed by atoms with van der Waals surface area (Å²) in [6.45, 7) is 5.58. The van der Waals surface area contributed by atoms with E-state index in [1.165, 1.54) is 5.69 Å². The largest absolute Gasteiger partial charge is 0.325 e. The number of benzene rings is 1. The fourth-order valence-corrected chi connectivity index (χ4v) is 1.51. The summed E-state index contributed by atoms with van der Waals surface area (Å²) < 4.78 is 0. The highest BCUT2D eigenvalue weighted by atomic mass is 15.2. The molecule has 13 heavy (non-hydrogen) atoms. The maximum Gasteiger partial charge on any atom is 0.127 e. The molecule has 1 aliphatic rings. The van der Waals surface area contributed by atoms with E-state index in [1.807, 2.05) is 18.2 Å². The van der Waals surface area contributed by atoms with Crippen molar-refractivity contribution in [3.8, 4) is 0 Å². The van der Waals surface area contributed by atoms with Gasteiger partial charge in [-0.1, -0.05) is 24.8 Å². The van der Waals surface area contributed by atoms with Crippen LogP contribution in [0.2, 0.25) is 0 Å². The Balaban J connectivity index is 2.28. The number of rotatable bonds is 2. The Bertz CT molecular complexity index is 327. The van der Waals surface area contributed by atoms with E-state index in [9.17, 15) is 0 Å². The van der Waals surface area contributed by atoms with Gasteiger partial charge in [-0.05, 0) is 18.2 Å². The van der Waals surface area contributed by atoms with E-state index in [4.69, 9.17) is 0 Å². The van der Waals surface area contributed by atoms with Gasteiger partial charge in [0.25, 0.3) is 0 Å². The second-order valence-corrected chi connectivity index (χ2v) is 2.93. The fraction of sp³-hybridized carbons (Fsp3) is 0.182. The van der Waals surface area contributed by atoms with Crippen molar-refractivity contribution in [3.05, 3.63) is 43.0 Å². The molecule has 0 radical (unpaired) electrons. The first-order valence-corrected chi connectivity index (χ1v) is 4.41. The molecule has 0 saturated heterocycles. The molecule has 0 aromatic heterocycles. The Hall–Kier alpha value is -1.57. The van der Waals surface area contributed by atoms with Crippen molar-refractivity contribution in [3.63, 3.8) is 0 Å². The predicted molar refractivity (Wildman–Crippen MR) is 56.3 cm³/mol. The van der Waals surface area contributed by atoms with Crippen LogP contribution >= 0.6 is 0 Å². The first kappa shape index (κ1) is 8.05. The zero-order valence-corrected chi connectivity index (χ0v) is 7.48. The van der Waals surface area contributed by atoms with Gasteiger partial charge in [-0.3, -0.25) is 4.99 Å². The molecule has 0 amide bonds. The average Bonchev–Trinajstić information content (AvgIpc) is 2.67. The summed E-state index contributed by atoms with van der Waals surface area (Å²) in [5.41, 5.74) is 1.19. The standard InChI is InChI=1S/C11H12N2/c1-2-11-12-8-9-13(11)10-6-4-3-5-7-10/h2-7H,1,8-9H2. The van der Waals surface area contributed by atoms with Crippen LogP contribution in [0.3, 0.4) is 0 Å². The SMILES string of the molecule is C=CC1=NCCN1c1ccccc1. The third-order valence-electron chi connectivity index (χ3n) is 2.12. The van der Waals surface area contributed by atoms with Gasteiger partial charge in [0.1, 0.15) is 5.84 Å². The van der Waals surface area contributed by atoms with Crippen LogP contribution in [-0.4, -0.2) is 18.9 Å². The van der Waals surface area contributed by atoms with Crippen LogP contribution in [0.25, 0.3) is 0 Å². The molecule has 0 bridgehead atoms.